The summed E-state index contributed by atoms with van der Waals surface area (Å²) in [6.07, 6.45) is 6.27. The summed E-state index contributed by atoms with van der Waals surface area (Å²) in [6, 6.07) is 15.3. The van der Waals surface area contributed by atoms with Gasteiger partial charge in [-0.15, -0.1) is 0 Å². The van der Waals surface area contributed by atoms with Crippen LogP contribution in [0.2, 0.25) is 10.0 Å². The Balaban J connectivity index is 1.61. The van der Waals surface area contributed by atoms with Gasteiger partial charge >= 0.3 is 0 Å². The van der Waals surface area contributed by atoms with E-state index in [1.54, 1.807) is 0 Å². The average molecular weight is 424 g/mol. The second kappa shape index (κ2) is 7.69. The van der Waals surface area contributed by atoms with Gasteiger partial charge in [0, 0.05) is 27.5 Å². The van der Waals surface area contributed by atoms with E-state index in [4.69, 9.17) is 38.0 Å². The first-order valence-electron chi connectivity index (χ1n) is 9.72. The Hall–Kier alpha value is -2.56. The van der Waals surface area contributed by atoms with E-state index in [0.717, 1.165) is 40.7 Å². The van der Waals surface area contributed by atoms with Gasteiger partial charge in [-0.3, -0.25) is 4.98 Å². The third-order valence-corrected chi connectivity index (χ3v) is 5.82. The molecule has 0 unspecified atom stereocenters. The zero-order valence-corrected chi connectivity index (χ0v) is 17.2. The van der Waals surface area contributed by atoms with Crippen LogP contribution in [0.25, 0.3) is 16.6 Å². The van der Waals surface area contributed by atoms with Gasteiger partial charge in [-0.2, -0.15) is 9.78 Å². The SMILES string of the molecule is Clc1ccc(COc2c3cnc4c(c3nn2-c2ccc(Cl)cc2)CCCC4)cc1. The lowest BCUT2D eigenvalue weighted by molar-refractivity contribution is 0.288. The summed E-state index contributed by atoms with van der Waals surface area (Å²) >= 11 is 12.1. The van der Waals surface area contributed by atoms with E-state index < -0.39 is 0 Å². The number of rotatable bonds is 4. The number of pyridine rings is 1. The first kappa shape index (κ1) is 18.5. The lowest BCUT2D eigenvalue weighted by atomic mass is 9.95. The number of fused-ring (bicyclic) bond motifs is 3. The molecule has 5 rings (SSSR count). The topological polar surface area (TPSA) is 39.9 Å². The van der Waals surface area contributed by atoms with E-state index >= 15 is 0 Å². The van der Waals surface area contributed by atoms with Gasteiger partial charge in [0.05, 0.1) is 11.1 Å². The van der Waals surface area contributed by atoms with Gasteiger partial charge in [0.15, 0.2) is 0 Å². The molecule has 2 aromatic carbocycles. The molecule has 0 atom stereocenters. The first-order chi connectivity index (χ1) is 14.2. The molecule has 0 saturated carbocycles. The molecule has 146 valence electrons. The second-order valence-corrected chi connectivity index (χ2v) is 8.13. The monoisotopic (exact) mass is 423 g/mol. The van der Waals surface area contributed by atoms with Gasteiger partial charge in [0.25, 0.3) is 0 Å². The zero-order chi connectivity index (χ0) is 19.8. The van der Waals surface area contributed by atoms with Crippen molar-refractivity contribution in [1.82, 2.24) is 14.8 Å². The standard InChI is InChI=1S/C23H19Cl2N3O/c24-16-7-5-15(6-8-16)14-29-23-20-13-26-21-4-2-1-3-19(21)22(20)27-28(23)18-11-9-17(25)10-12-18/h5-13H,1-4,14H2. The molecule has 0 radical (unpaired) electrons. The van der Waals surface area contributed by atoms with E-state index in [1.807, 2.05) is 59.4 Å². The molecule has 0 bridgehead atoms. The fourth-order valence-electron chi connectivity index (χ4n) is 3.81. The molecule has 0 N–H and O–H groups in total. The number of benzene rings is 2. The number of ether oxygens (including phenoxy) is 1. The van der Waals surface area contributed by atoms with Crippen LogP contribution in [0.4, 0.5) is 0 Å². The molecule has 4 nitrogen and oxygen atoms in total. The summed E-state index contributed by atoms with van der Waals surface area (Å²) in [5.74, 6) is 0.693. The number of hydrogen-bond acceptors (Lipinski definition) is 3. The maximum atomic E-state index is 6.28. The van der Waals surface area contributed by atoms with Crippen molar-refractivity contribution in [2.75, 3.05) is 0 Å². The maximum absolute atomic E-state index is 6.28. The van der Waals surface area contributed by atoms with E-state index in [9.17, 15) is 0 Å². The van der Waals surface area contributed by atoms with Gasteiger partial charge in [-0.05, 0) is 67.6 Å². The second-order valence-electron chi connectivity index (χ2n) is 7.26. The number of aryl methyl sites for hydroxylation is 2. The van der Waals surface area contributed by atoms with Gasteiger partial charge in [0.1, 0.15) is 12.1 Å². The molecule has 6 heteroatoms. The largest absolute Gasteiger partial charge is 0.472 e. The van der Waals surface area contributed by atoms with Crippen LogP contribution in [0.15, 0.2) is 54.7 Å². The average Bonchev–Trinajstić information content (AvgIpc) is 3.13. The van der Waals surface area contributed by atoms with Crippen LogP contribution >= 0.6 is 23.2 Å². The number of halogens is 2. The number of nitrogens with zero attached hydrogens (tertiary/aromatic N) is 3. The van der Waals surface area contributed by atoms with Gasteiger partial charge < -0.3 is 4.74 Å². The third kappa shape index (κ3) is 3.59. The van der Waals surface area contributed by atoms with E-state index in [1.165, 1.54) is 18.4 Å². The highest BCUT2D eigenvalue weighted by molar-refractivity contribution is 6.30. The number of hydrogen-bond donors (Lipinski definition) is 0. The molecular weight excluding hydrogens is 405 g/mol. The van der Waals surface area contributed by atoms with Crippen molar-refractivity contribution in [2.24, 2.45) is 0 Å². The molecule has 2 aromatic heterocycles. The molecule has 1 aliphatic rings. The Bertz CT molecular complexity index is 1170. The fourth-order valence-corrected chi connectivity index (χ4v) is 4.06. The van der Waals surface area contributed by atoms with Crippen molar-refractivity contribution in [3.63, 3.8) is 0 Å². The van der Waals surface area contributed by atoms with Gasteiger partial charge in [-0.1, -0.05) is 35.3 Å². The van der Waals surface area contributed by atoms with Crippen LogP contribution < -0.4 is 4.74 Å². The predicted octanol–water partition coefficient (Wildman–Crippen LogP) is 6.19. The fraction of sp³-hybridized carbons (Fsp3) is 0.217. The lowest BCUT2D eigenvalue weighted by Crippen LogP contribution is -2.05. The molecule has 0 aliphatic heterocycles. The summed E-state index contributed by atoms with van der Waals surface area (Å²) in [5.41, 5.74) is 5.33. The minimum absolute atomic E-state index is 0.419. The van der Waals surface area contributed by atoms with E-state index in [-0.39, 0.29) is 0 Å². The normalized spacial score (nSPS) is 13.4. The van der Waals surface area contributed by atoms with Crippen LogP contribution in [-0.4, -0.2) is 14.8 Å². The Morgan fingerprint density at radius 2 is 1.59 bits per heavy atom. The van der Waals surface area contributed by atoms with Crippen LogP contribution in [0.3, 0.4) is 0 Å². The summed E-state index contributed by atoms with van der Waals surface area (Å²) in [7, 11) is 0. The van der Waals surface area contributed by atoms with Gasteiger partial charge in [-0.25, -0.2) is 0 Å². The minimum Gasteiger partial charge on any atom is -0.472 e. The Labute approximate surface area is 179 Å². The van der Waals surface area contributed by atoms with Crippen LogP contribution in [0.1, 0.15) is 29.7 Å². The Morgan fingerprint density at radius 1 is 0.897 bits per heavy atom. The molecule has 0 fully saturated rings. The van der Waals surface area contributed by atoms with Crippen molar-refractivity contribution in [3.05, 3.63) is 81.6 Å². The number of aromatic nitrogens is 3. The summed E-state index contributed by atoms with van der Waals surface area (Å²) in [6.45, 7) is 0.419. The summed E-state index contributed by atoms with van der Waals surface area (Å²) in [4.78, 5) is 4.72. The first-order valence-corrected chi connectivity index (χ1v) is 10.5. The van der Waals surface area contributed by atoms with Crippen molar-refractivity contribution in [2.45, 2.75) is 32.3 Å². The molecule has 0 saturated heterocycles. The van der Waals surface area contributed by atoms with Crippen LogP contribution in [0, 0.1) is 0 Å². The van der Waals surface area contributed by atoms with Crippen molar-refractivity contribution < 1.29 is 4.74 Å². The highest BCUT2D eigenvalue weighted by atomic mass is 35.5. The molecular formula is C23H19Cl2N3O. The molecule has 0 spiro atoms. The van der Waals surface area contributed by atoms with E-state index in [0.29, 0.717) is 22.5 Å². The zero-order valence-electron chi connectivity index (χ0n) is 15.7. The maximum Gasteiger partial charge on any atom is 0.226 e. The quantitative estimate of drug-likeness (QED) is 0.393. The van der Waals surface area contributed by atoms with Crippen molar-refractivity contribution >= 4 is 34.1 Å². The Kier molecular flexibility index (Phi) is 4.90. The summed E-state index contributed by atoms with van der Waals surface area (Å²) in [5, 5.41) is 7.28. The van der Waals surface area contributed by atoms with E-state index in [2.05, 4.69) is 0 Å². The predicted molar refractivity (Wildman–Crippen MR) is 116 cm³/mol. The Morgan fingerprint density at radius 3 is 2.34 bits per heavy atom. The molecule has 2 heterocycles. The lowest BCUT2D eigenvalue weighted by Gasteiger charge is -2.14. The summed E-state index contributed by atoms with van der Waals surface area (Å²) < 4.78 is 8.13. The molecule has 29 heavy (non-hydrogen) atoms. The van der Waals surface area contributed by atoms with Crippen molar-refractivity contribution in [3.8, 4) is 11.6 Å². The van der Waals surface area contributed by atoms with Crippen LogP contribution in [0.5, 0.6) is 5.88 Å². The molecule has 0 amide bonds. The minimum atomic E-state index is 0.419. The van der Waals surface area contributed by atoms with Crippen molar-refractivity contribution in [1.29, 1.82) is 0 Å². The van der Waals surface area contributed by atoms with Crippen LogP contribution in [-0.2, 0) is 19.4 Å². The smallest absolute Gasteiger partial charge is 0.226 e. The third-order valence-electron chi connectivity index (χ3n) is 5.31. The highest BCUT2D eigenvalue weighted by Gasteiger charge is 2.22. The molecule has 4 aromatic rings. The van der Waals surface area contributed by atoms with Gasteiger partial charge in [0.2, 0.25) is 5.88 Å². The molecule has 1 aliphatic carbocycles. The highest BCUT2D eigenvalue weighted by Crippen LogP contribution is 2.34.